The second-order valence-electron chi connectivity index (χ2n) is 3.51. The molecule has 0 unspecified atom stereocenters. The van der Waals surface area contributed by atoms with Crippen LogP contribution in [0.5, 0.6) is 5.75 Å². The van der Waals surface area contributed by atoms with Crippen LogP contribution >= 0.6 is 0 Å². The van der Waals surface area contributed by atoms with Gasteiger partial charge in [-0.25, -0.2) is 4.79 Å². The third kappa shape index (κ3) is 2.57. The summed E-state index contributed by atoms with van der Waals surface area (Å²) in [5.41, 5.74) is 1.25. The lowest BCUT2D eigenvalue weighted by atomic mass is 10.1. The lowest BCUT2D eigenvalue weighted by molar-refractivity contribution is -0.134. The Kier molecular flexibility index (Phi) is 3.43. The molecule has 0 spiro atoms. The van der Waals surface area contributed by atoms with Crippen molar-refractivity contribution in [2.45, 2.75) is 0 Å². The summed E-state index contributed by atoms with van der Waals surface area (Å²) < 4.78 is 9.47. The molecule has 0 atom stereocenters. The second-order valence-corrected chi connectivity index (χ2v) is 3.51. The summed E-state index contributed by atoms with van der Waals surface area (Å²) >= 11 is 0. The topological polar surface area (TPSA) is 72.6 Å². The van der Waals surface area contributed by atoms with E-state index in [1.807, 2.05) is 0 Å². The van der Waals surface area contributed by atoms with Gasteiger partial charge in [0.05, 0.1) is 18.9 Å². The van der Waals surface area contributed by atoms with E-state index in [2.05, 4.69) is 9.89 Å². The van der Waals surface area contributed by atoms with Gasteiger partial charge in [-0.15, -0.1) is 0 Å². The van der Waals surface area contributed by atoms with Crippen molar-refractivity contribution >= 4 is 12.0 Å². The molecule has 5 nitrogen and oxygen atoms in total. The number of rotatable bonds is 3. The Morgan fingerprint density at radius 3 is 2.94 bits per heavy atom. The molecule has 2 rings (SSSR count). The van der Waals surface area contributed by atoms with E-state index in [0.29, 0.717) is 11.3 Å². The van der Waals surface area contributed by atoms with E-state index in [9.17, 15) is 9.90 Å². The normalized spacial score (nSPS) is 10.7. The standard InChI is InChI=1S/C13H11NO4/c1-17-13(16)5-3-9-2-4-11(15)10(8-9)12-6-7-14-18-12/h2-8,15H,1H3. The molecule has 0 bridgehead atoms. The number of phenolic OH excluding ortho intramolecular Hbond substituents is 1. The molecule has 0 amide bonds. The van der Waals surface area contributed by atoms with Crippen LogP contribution in [0.25, 0.3) is 17.4 Å². The van der Waals surface area contributed by atoms with Crippen molar-refractivity contribution in [3.8, 4) is 17.1 Å². The molecule has 0 saturated heterocycles. The molecule has 0 aliphatic heterocycles. The maximum Gasteiger partial charge on any atom is 0.330 e. The number of phenols is 1. The molecule has 2 aromatic rings. The number of hydrogen-bond donors (Lipinski definition) is 1. The van der Waals surface area contributed by atoms with E-state index in [-0.39, 0.29) is 5.75 Å². The molecule has 1 aromatic carbocycles. The number of carbonyl (C=O) groups excluding carboxylic acids is 1. The summed E-state index contributed by atoms with van der Waals surface area (Å²) in [5.74, 6) is 0.104. The van der Waals surface area contributed by atoms with Crippen molar-refractivity contribution in [3.05, 3.63) is 42.1 Å². The van der Waals surface area contributed by atoms with Gasteiger partial charge >= 0.3 is 5.97 Å². The number of esters is 1. The molecule has 0 aliphatic rings. The minimum atomic E-state index is -0.440. The Bertz CT molecular complexity index is 573. The smallest absolute Gasteiger partial charge is 0.330 e. The zero-order chi connectivity index (χ0) is 13.0. The summed E-state index contributed by atoms with van der Waals surface area (Å²) in [6, 6.07) is 6.53. The van der Waals surface area contributed by atoms with Crippen LogP contribution in [0, 0.1) is 0 Å². The summed E-state index contributed by atoms with van der Waals surface area (Å²) in [4.78, 5) is 11.0. The molecule has 0 saturated carbocycles. The molecule has 0 fully saturated rings. The van der Waals surface area contributed by atoms with Crippen molar-refractivity contribution in [3.63, 3.8) is 0 Å². The molecule has 0 radical (unpaired) electrons. The van der Waals surface area contributed by atoms with Gasteiger partial charge in [0.25, 0.3) is 0 Å². The Hall–Kier alpha value is -2.56. The first kappa shape index (κ1) is 11.9. The molecular formula is C13H11NO4. The van der Waals surface area contributed by atoms with Gasteiger partial charge in [0.2, 0.25) is 0 Å². The minimum Gasteiger partial charge on any atom is -0.507 e. The van der Waals surface area contributed by atoms with E-state index < -0.39 is 5.97 Å². The first-order valence-electron chi connectivity index (χ1n) is 5.21. The third-order valence-corrected chi connectivity index (χ3v) is 2.34. The average Bonchev–Trinajstić information content (AvgIpc) is 2.91. The highest BCUT2D eigenvalue weighted by atomic mass is 16.5. The van der Waals surface area contributed by atoms with Gasteiger partial charge in [-0.1, -0.05) is 11.2 Å². The number of carbonyl (C=O) groups is 1. The van der Waals surface area contributed by atoms with Gasteiger partial charge in [0, 0.05) is 12.1 Å². The molecule has 18 heavy (non-hydrogen) atoms. The summed E-state index contributed by atoms with van der Waals surface area (Å²) in [7, 11) is 1.31. The Balaban J connectivity index is 2.33. The first-order chi connectivity index (χ1) is 8.70. The van der Waals surface area contributed by atoms with Gasteiger partial charge in [-0.05, 0) is 23.8 Å². The van der Waals surface area contributed by atoms with Gasteiger partial charge in [0.1, 0.15) is 5.75 Å². The number of aromatic nitrogens is 1. The number of nitrogens with zero attached hydrogens (tertiary/aromatic N) is 1. The van der Waals surface area contributed by atoms with Crippen LogP contribution in [0.3, 0.4) is 0 Å². The fourth-order valence-corrected chi connectivity index (χ4v) is 1.44. The summed E-state index contributed by atoms with van der Waals surface area (Å²) in [6.07, 6.45) is 4.38. The zero-order valence-corrected chi connectivity index (χ0v) is 9.66. The number of aromatic hydroxyl groups is 1. The van der Waals surface area contributed by atoms with E-state index in [1.54, 1.807) is 24.3 Å². The van der Waals surface area contributed by atoms with Crippen LogP contribution in [0.4, 0.5) is 0 Å². The summed E-state index contributed by atoms with van der Waals surface area (Å²) in [6.45, 7) is 0. The van der Waals surface area contributed by atoms with Crippen molar-refractivity contribution in [1.82, 2.24) is 5.16 Å². The highest BCUT2D eigenvalue weighted by molar-refractivity contribution is 5.87. The Morgan fingerprint density at radius 2 is 2.28 bits per heavy atom. The quantitative estimate of drug-likeness (QED) is 0.663. The molecule has 92 valence electrons. The molecule has 1 heterocycles. The molecule has 0 aliphatic carbocycles. The van der Waals surface area contributed by atoms with Crippen molar-refractivity contribution in [2.24, 2.45) is 0 Å². The number of hydrogen-bond acceptors (Lipinski definition) is 5. The number of ether oxygens (including phenoxy) is 1. The fourth-order valence-electron chi connectivity index (χ4n) is 1.44. The maximum atomic E-state index is 11.0. The lowest BCUT2D eigenvalue weighted by Crippen LogP contribution is -1.93. The second kappa shape index (κ2) is 5.18. The predicted molar refractivity (Wildman–Crippen MR) is 64.7 cm³/mol. The maximum absolute atomic E-state index is 11.0. The Labute approximate surface area is 103 Å². The Morgan fingerprint density at radius 1 is 1.44 bits per heavy atom. The van der Waals surface area contributed by atoms with Crippen LogP contribution in [-0.2, 0) is 9.53 Å². The zero-order valence-electron chi connectivity index (χ0n) is 9.66. The average molecular weight is 245 g/mol. The van der Waals surface area contributed by atoms with E-state index in [4.69, 9.17) is 4.52 Å². The first-order valence-corrected chi connectivity index (χ1v) is 5.21. The van der Waals surface area contributed by atoms with Gasteiger partial charge < -0.3 is 14.4 Å². The van der Waals surface area contributed by atoms with E-state index in [1.165, 1.54) is 25.4 Å². The van der Waals surface area contributed by atoms with Crippen LogP contribution in [-0.4, -0.2) is 23.3 Å². The number of methoxy groups -OCH3 is 1. The predicted octanol–water partition coefficient (Wildman–Crippen LogP) is 2.23. The molecule has 1 aromatic heterocycles. The van der Waals surface area contributed by atoms with Crippen LogP contribution < -0.4 is 0 Å². The van der Waals surface area contributed by atoms with Gasteiger partial charge in [0.15, 0.2) is 5.76 Å². The largest absolute Gasteiger partial charge is 0.507 e. The summed E-state index contributed by atoms with van der Waals surface area (Å²) in [5, 5.41) is 13.3. The SMILES string of the molecule is COC(=O)C=Cc1ccc(O)c(-c2ccno2)c1. The molecule has 5 heteroatoms. The third-order valence-electron chi connectivity index (χ3n) is 2.34. The number of benzene rings is 1. The fraction of sp³-hybridized carbons (Fsp3) is 0.0769. The van der Waals surface area contributed by atoms with E-state index in [0.717, 1.165) is 5.56 Å². The van der Waals surface area contributed by atoms with Gasteiger partial charge in [-0.3, -0.25) is 0 Å². The van der Waals surface area contributed by atoms with Gasteiger partial charge in [-0.2, -0.15) is 0 Å². The van der Waals surface area contributed by atoms with Crippen LogP contribution in [0.1, 0.15) is 5.56 Å². The lowest BCUT2D eigenvalue weighted by Gasteiger charge is -2.02. The van der Waals surface area contributed by atoms with Crippen molar-refractivity contribution < 1.29 is 19.2 Å². The van der Waals surface area contributed by atoms with Crippen molar-refractivity contribution in [2.75, 3.05) is 7.11 Å². The van der Waals surface area contributed by atoms with Crippen LogP contribution in [0.2, 0.25) is 0 Å². The van der Waals surface area contributed by atoms with E-state index >= 15 is 0 Å². The highest BCUT2D eigenvalue weighted by Gasteiger charge is 2.08. The van der Waals surface area contributed by atoms with Crippen LogP contribution in [0.15, 0.2) is 41.1 Å². The molecular weight excluding hydrogens is 234 g/mol. The monoisotopic (exact) mass is 245 g/mol. The molecule has 1 N–H and O–H groups in total. The minimum absolute atomic E-state index is 0.0852. The van der Waals surface area contributed by atoms with Crippen molar-refractivity contribution in [1.29, 1.82) is 0 Å². The highest BCUT2D eigenvalue weighted by Crippen LogP contribution is 2.29.